The van der Waals surface area contributed by atoms with E-state index in [1.807, 2.05) is 6.07 Å². The maximum Gasteiger partial charge on any atom is 0.228 e. The van der Waals surface area contributed by atoms with Gasteiger partial charge in [-0.2, -0.15) is 0 Å². The lowest BCUT2D eigenvalue weighted by Crippen LogP contribution is -2.33. The zero-order valence-electron chi connectivity index (χ0n) is 19.3. The number of imidazole rings is 1. The molecular formula is C25H28FN3O5S. The molecule has 3 heterocycles. The molecule has 1 unspecified atom stereocenters. The second kappa shape index (κ2) is 9.94. The number of halogens is 1. The van der Waals surface area contributed by atoms with Gasteiger partial charge >= 0.3 is 0 Å². The molecule has 0 N–H and O–H groups in total. The summed E-state index contributed by atoms with van der Waals surface area (Å²) in [6, 6.07) is 8.99. The standard InChI is InChI=1S/C25H28FN3O5S/c26-20-9-5-18(6-10-20)17-35(31,32)25-27-13-21(29(25)16-23-4-2-12-34-23)14-28(24(30)19-7-8-19)15-22-3-1-11-33-22/h1,3,5-6,9-11,13,19,23H,2,4,7-8,12,14-17H2. The highest BCUT2D eigenvalue weighted by Gasteiger charge is 2.35. The van der Waals surface area contributed by atoms with Gasteiger partial charge in [-0.25, -0.2) is 17.8 Å². The van der Waals surface area contributed by atoms with Gasteiger partial charge in [0.25, 0.3) is 0 Å². The van der Waals surface area contributed by atoms with E-state index in [9.17, 15) is 17.6 Å². The maximum atomic E-state index is 13.4. The number of carbonyl (C=O) groups is 1. The van der Waals surface area contributed by atoms with Gasteiger partial charge < -0.3 is 18.6 Å². The minimum atomic E-state index is -3.84. The SMILES string of the molecule is O=C(C1CC1)N(Cc1ccco1)Cc1cnc(S(=O)(=O)Cc2ccc(F)cc2)n1CC1CCCO1. The molecule has 5 rings (SSSR count). The van der Waals surface area contributed by atoms with Crippen molar-refractivity contribution in [2.45, 2.75) is 62.3 Å². The quantitative estimate of drug-likeness (QED) is 0.420. The van der Waals surface area contributed by atoms with Crippen LogP contribution in [0.1, 0.15) is 42.7 Å². The van der Waals surface area contributed by atoms with Crippen LogP contribution in [0.4, 0.5) is 4.39 Å². The molecule has 1 amide bonds. The first kappa shape index (κ1) is 23.7. The first-order valence-corrected chi connectivity index (χ1v) is 13.5. The van der Waals surface area contributed by atoms with E-state index >= 15 is 0 Å². The second-order valence-corrected chi connectivity index (χ2v) is 11.1. The largest absolute Gasteiger partial charge is 0.467 e. The lowest BCUT2D eigenvalue weighted by Gasteiger charge is -2.23. The fourth-order valence-corrected chi connectivity index (χ4v) is 5.91. The van der Waals surface area contributed by atoms with Crippen molar-refractivity contribution in [2.24, 2.45) is 5.92 Å². The Balaban J connectivity index is 1.45. The van der Waals surface area contributed by atoms with E-state index in [0.29, 0.717) is 36.7 Å². The van der Waals surface area contributed by atoms with Crippen LogP contribution in [0, 0.1) is 11.7 Å². The highest BCUT2D eigenvalue weighted by molar-refractivity contribution is 7.90. The van der Waals surface area contributed by atoms with Crippen molar-refractivity contribution in [2.75, 3.05) is 6.61 Å². The Labute approximate surface area is 203 Å². The molecule has 1 aliphatic carbocycles. The first-order chi connectivity index (χ1) is 16.9. The Morgan fingerprint density at radius 2 is 1.94 bits per heavy atom. The normalized spacial score (nSPS) is 18.1. The average molecular weight is 502 g/mol. The fraction of sp³-hybridized carbons (Fsp3) is 0.440. The number of rotatable bonds is 10. The molecule has 2 fully saturated rings. The molecule has 3 aromatic rings. The van der Waals surface area contributed by atoms with Gasteiger partial charge in [0, 0.05) is 12.5 Å². The van der Waals surface area contributed by atoms with E-state index in [4.69, 9.17) is 9.15 Å². The number of ether oxygens (including phenoxy) is 1. The van der Waals surface area contributed by atoms with Crippen LogP contribution >= 0.6 is 0 Å². The Bertz CT molecular complexity index is 1260. The predicted molar refractivity (Wildman–Crippen MR) is 124 cm³/mol. The van der Waals surface area contributed by atoms with Crippen LogP contribution in [0.2, 0.25) is 0 Å². The van der Waals surface area contributed by atoms with Crippen molar-refractivity contribution in [3.05, 3.63) is 71.7 Å². The van der Waals surface area contributed by atoms with Crippen LogP contribution in [-0.4, -0.2) is 41.5 Å². The Morgan fingerprint density at radius 1 is 1.14 bits per heavy atom. The number of sulfone groups is 1. The molecule has 0 radical (unpaired) electrons. The molecule has 1 atom stereocenters. The third kappa shape index (κ3) is 5.65. The van der Waals surface area contributed by atoms with Gasteiger partial charge in [-0.1, -0.05) is 12.1 Å². The number of aromatic nitrogens is 2. The van der Waals surface area contributed by atoms with Crippen molar-refractivity contribution in [1.29, 1.82) is 0 Å². The first-order valence-electron chi connectivity index (χ1n) is 11.8. The molecule has 1 saturated heterocycles. The summed E-state index contributed by atoms with van der Waals surface area (Å²) in [7, 11) is -3.84. The van der Waals surface area contributed by atoms with E-state index in [0.717, 1.165) is 25.7 Å². The minimum Gasteiger partial charge on any atom is -0.467 e. The molecule has 2 aromatic heterocycles. The molecule has 0 spiro atoms. The molecule has 1 aromatic carbocycles. The van der Waals surface area contributed by atoms with Crippen molar-refractivity contribution >= 4 is 15.7 Å². The van der Waals surface area contributed by atoms with Gasteiger partial charge in [0.15, 0.2) is 0 Å². The molecule has 35 heavy (non-hydrogen) atoms. The van der Waals surface area contributed by atoms with Gasteiger partial charge in [-0.05, 0) is 55.5 Å². The Morgan fingerprint density at radius 3 is 2.60 bits per heavy atom. The average Bonchev–Trinajstić information content (AvgIpc) is 3.18. The van der Waals surface area contributed by atoms with Crippen LogP contribution < -0.4 is 0 Å². The van der Waals surface area contributed by atoms with E-state index in [-0.39, 0.29) is 35.4 Å². The molecule has 0 bridgehead atoms. The van der Waals surface area contributed by atoms with Crippen LogP contribution in [0.15, 0.2) is 58.4 Å². The number of carbonyl (C=O) groups excluding carboxylic acids is 1. The monoisotopic (exact) mass is 501 g/mol. The van der Waals surface area contributed by atoms with Crippen molar-refractivity contribution in [3.63, 3.8) is 0 Å². The summed E-state index contributed by atoms with van der Waals surface area (Å²) in [5, 5.41) is -0.0656. The third-order valence-corrected chi connectivity index (χ3v) is 7.97. The number of hydrogen-bond donors (Lipinski definition) is 0. The van der Waals surface area contributed by atoms with Gasteiger partial charge in [0.2, 0.25) is 20.9 Å². The number of amides is 1. The number of hydrogen-bond acceptors (Lipinski definition) is 6. The zero-order chi connectivity index (χ0) is 24.4. The van der Waals surface area contributed by atoms with E-state index in [2.05, 4.69) is 4.98 Å². The fourth-order valence-electron chi connectivity index (χ4n) is 4.40. The lowest BCUT2D eigenvalue weighted by atomic mass is 10.2. The number of benzene rings is 1. The topological polar surface area (TPSA) is 94.6 Å². The van der Waals surface area contributed by atoms with Crippen LogP contribution in [0.3, 0.4) is 0 Å². The summed E-state index contributed by atoms with van der Waals surface area (Å²) in [6.45, 7) is 1.48. The smallest absolute Gasteiger partial charge is 0.228 e. The Hall–Kier alpha value is -2.98. The molecule has 1 saturated carbocycles. The van der Waals surface area contributed by atoms with Crippen LogP contribution in [0.5, 0.6) is 0 Å². The molecule has 186 valence electrons. The number of furan rings is 1. The second-order valence-electron chi connectivity index (χ2n) is 9.21. The maximum absolute atomic E-state index is 13.4. The zero-order valence-corrected chi connectivity index (χ0v) is 20.1. The van der Waals surface area contributed by atoms with Crippen molar-refractivity contribution in [1.82, 2.24) is 14.5 Å². The van der Waals surface area contributed by atoms with E-state index < -0.39 is 15.7 Å². The van der Waals surface area contributed by atoms with Crippen molar-refractivity contribution < 1.29 is 26.8 Å². The third-order valence-electron chi connectivity index (χ3n) is 6.38. The summed E-state index contributed by atoms with van der Waals surface area (Å²) in [5.41, 5.74) is 1.10. The minimum absolute atomic E-state index is 0.00109. The number of nitrogens with zero attached hydrogens (tertiary/aromatic N) is 3. The summed E-state index contributed by atoms with van der Waals surface area (Å²) < 4.78 is 53.0. The summed E-state index contributed by atoms with van der Waals surface area (Å²) in [4.78, 5) is 19.0. The summed E-state index contributed by atoms with van der Waals surface area (Å²) >= 11 is 0. The molecule has 10 heteroatoms. The van der Waals surface area contributed by atoms with E-state index in [1.54, 1.807) is 21.8 Å². The summed E-state index contributed by atoms with van der Waals surface area (Å²) in [6.07, 6.45) is 6.43. The van der Waals surface area contributed by atoms with Gasteiger partial charge in [-0.3, -0.25) is 4.79 Å². The van der Waals surface area contributed by atoms with Gasteiger partial charge in [-0.15, -0.1) is 0 Å². The molecule has 2 aliphatic rings. The van der Waals surface area contributed by atoms with Gasteiger partial charge in [0.05, 0.1) is 49.6 Å². The molecular weight excluding hydrogens is 473 g/mol. The predicted octanol–water partition coefficient (Wildman–Crippen LogP) is 3.71. The van der Waals surface area contributed by atoms with Crippen molar-refractivity contribution in [3.8, 4) is 0 Å². The van der Waals surface area contributed by atoms with Crippen LogP contribution in [0.25, 0.3) is 0 Å². The Kier molecular flexibility index (Phi) is 6.75. The highest BCUT2D eigenvalue weighted by Crippen LogP contribution is 2.32. The summed E-state index contributed by atoms with van der Waals surface area (Å²) in [5.74, 6) is -0.0337. The lowest BCUT2D eigenvalue weighted by molar-refractivity contribution is -0.134. The van der Waals surface area contributed by atoms with Gasteiger partial charge in [0.1, 0.15) is 11.6 Å². The molecule has 8 nitrogen and oxygen atoms in total. The van der Waals surface area contributed by atoms with Crippen LogP contribution in [-0.2, 0) is 44.8 Å². The highest BCUT2D eigenvalue weighted by atomic mass is 32.2. The van der Waals surface area contributed by atoms with E-state index in [1.165, 1.54) is 30.5 Å². The molecule has 1 aliphatic heterocycles.